The van der Waals surface area contributed by atoms with Crippen molar-refractivity contribution in [2.75, 3.05) is 13.1 Å². The molecule has 5 rings (SSSR count). The molecule has 0 saturated carbocycles. The first-order chi connectivity index (χ1) is 17.3. The molecular formula is C28H32N6O2. The molecule has 1 aliphatic rings. The van der Waals surface area contributed by atoms with E-state index in [1.807, 2.05) is 6.07 Å². The molecule has 0 unspecified atom stereocenters. The zero-order valence-electron chi connectivity index (χ0n) is 20.8. The highest BCUT2D eigenvalue weighted by molar-refractivity contribution is 5.75. The molecule has 3 aromatic heterocycles. The maximum atomic E-state index is 13.2. The lowest BCUT2D eigenvalue weighted by Crippen LogP contribution is -2.26. The molecular weight excluding hydrogens is 452 g/mol. The number of benzene rings is 1. The van der Waals surface area contributed by atoms with E-state index < -0.39 is 5.60 Å². The van der Waals surface area contributed by atoms with E-state index in [1.165, 1.54) is 18.4 Å². The predicted molar refractivity (Wildman–Crippen MR) is 140 cm³/mol. The average Bonchev–Trinajstić information content (AvgIpc) is 3.15. The van der Waals surface area contributed by atoms with Crippen LogP contribution in [0.2, 0.25) is 0 Å². The molecule has 8 heteroatoms. The van der Waals surface area contributed by atoms with Gasteiger partial charge in [0.1, 0.15) is 16.8 Å². The summed E-state index contributed by atoms with van der Waals surface area (Å²) in [5.41, 5.74) is 2.15. The number of fused-ring (bicyclic) bond motifs is 1. The minimum Gasteiger partial charge on any atom is -0.384 e. The fraction of sp³-hybridized carbons (Fsp3) is 0.357. The molecule has 0 atom stereocenters. The Kier molecular flexibility index (Phi) is 6.55. The van der Waals surface area contributed by atoms with Crippen LogP contribution in [0.5, 0.6) is 0 Å². The molecule has 1 aliphatic heterocycles. The summed E-state index contributed by atoms with van der Waals surface area (Å²) >= 11 is 0. The van der Waals surface area contributed by atoms with Crippen LogP contribution in [0.4, 0.5) is 0 Å². The van der Waals surface area contributed by atoms with Gasteiger partial charge in [-0.25, -0.2) is 24.3 Å². The van der Waals surface area contributed by atoms with Gasteiger partial charge in [-0.15, -0.1) is 6.58 Å². The van der Waals surface area contributed by atoms with E-state index in [4.69, 9.17) is 4.98 Å². The Balaban J connectivity index is 1.53. The summed E-state index contributed by atoms with van der Waals surface area (Å²) in [6, 6.07) is 14.1. The first-order valence-electron chi connectivity index (χ1n) is 12.4. The lowest BCUT2D eigenvalue weighted by Gasteiger charge is -2.23. The summed E-state index contributed by atoms with van der Waals surface area (Å²) in [5.74, 6) is 1.74. The monoisotopic (exact) mass is 484 g/mol. The van der Waals surface area contributed by atoms with Crippen molar-refractivity contribution in [1.82, 2.24) is 29.6 Å². The van der Waals surface area contributed by atoms with E-state index in [0.717, 1.165) is 18.7 Å². The molecule has 2 N–H and O–H groups in total. The van der Waals surface area contributed by atoms with Gasteiger partial charge in [-0.1, -0.05) is 36.4 Å². The van der Waals surface area contributed by atoms with Gasteiger partial charge in [0.05, 0.1) is 12.2 Å². The quantitative estimate of drug-likeness (QED) is 0.390. The van der Waals surface area contributed by atoms with Crippen molar-refractivity contribution in [2.45, 2.75) is 51.2 Å². The molecule has 1 saturated heterocycles. The number of hydrogen-bond donors (Lipinski definition) is 2. The van der Waals surface area contributed by atoms with Crippen molar-refractivity contribution in [1.29, 1.82) is 0 Å². The summed E-state index contributed by atoms with van der Waals surface area (Å²) in [6.07, 6.45) is 6.15. The van der Waals surface area contributed by atoms with Crippen molar-refractivity contribution >= 4 is 11.0 Å². The molecule has 0 aliphatic carbocycles. The summed E-state index contributed by atoms with van der Waals surface area (Å²) < 4.78 is 3.24. The minimum absolute atomic E-state index is 0.210. The van der Waals surface area contributed by atoms with Crippen LogP contribution in [0.1, 0.15) is 55.3 Å². The smallest absolute Gasteiger partial charge is 0.278 e. The van der Waals surface area contributed by atoms with Crippen molar-refractivity contribution in [3.63, 3.8) is 0 Å². The molecule has 0 radical (unpaired) electrons. The highest BCUT2D eigenvalue weighted by atomic mass is 16.3. The largest absolute Gasteiger partial charge is 0.384 e. The summed E-state index contributed by atoms with van der Waals surface area (Å²) in [6.45, 7) is 9.59. The van der Waals surface area contributed by atoms with Crippen molar-refractivity contribution in [2.24, 2.45) is 0 Å². The van der Waals surface area contributed by atoms with E-state index in [2.05, 4.69) is 46.1 Å². The van der Waals surface area contributed by atoms with Gasteiger partial charge < -0.3 is 10.4 Å². The Hall–Kier alpha value is -3.62. The van der Waals surface area contributed by atoms with Gasteiger partial charge in [0, 0.05) is 12.6 Å². The number of nitrogens with zero attached hydrogens (tertiary/aromatic N) is 5. The number of nitrogens with one attached hydrogen (secondary N) is 1. The first kappa shape index (κ1) is 24.1. The molecule has 186 valence electrons. The van der Waals surface area contributed by atoms with Gasteiger partial charge in [0.15, 0.2) is 11.5 Å². The normalized spacial score (nSPS) is 14.9. The molecule has 8 nitrogen and oxygen atoms in total. The van der Waals surface area contributed by atoms with Gasteiger partial charge in [0.2, 0.25) is 0 Å². The number of allylic oxidation sites excluding steroid dienone is 1. The molecule has 1 aromatic carbocycles. The second kappa shape index (κ2) is 9.79. The van der Waals surface area contributed by atoms with Crippen LogP contribution in [0, 0.1) is 0 Å². The van der Waals surface area contributed by atoms with E-state index in [9.17, 15) is 9.90 Å². The third-order valence-electron chi connectivity index (χ3n) is 6.76. The van der Waals surface area contributed by atoms with Crippen LogP contribution in [0.25, 0.3) is 16.9 Å². The molecule has 0 spiro atoms. The average molecular weight is 485 g/mol. The number of piperidine rings is 1. The molecule has 4 aromatic rings. The van der Waals surface area contributed by atoms with Crippen LogP contribution < -0.4 is 10.9 Å². The molecule has 1 fully saturated rings. The van der Waals surface area contributed by atoms with Gasteiger partial charge >= 0.3 is 0 Å². The summed E-state index contributed by atoms with van der Waals surface area (Å²) in [5, 5.41) is 14.3. The Morgan fingerprint density at radius 1 is 1.14 bits per heavy atom. The van der Waals surface area contributed by atoms with Crippen LogP contribution in [-0.4, -0.2) is 42.5 Å². The van der Waals surface area contributed by atoms with E-state index in [1.54, 1.807) is 47.6 Å². The molecule has 0 bridgehead atoms. The minimum atomic E-state index is -1.12. The summed E-state index contributed by atoms with van der Waals surface area (Å²) in [4.78, 5) is 27.1. The van der Waals surface area contributed by atoms with Crippen LogP contribution in [0.15, 0.2) is 66.1 Å². The van der Waals surface area contributed by atoms with Gasteiger partial charge in [-0.2, -0.15) is 0 Å². The Labute approximate surface area is 210 Å². The second-order valence-corrected chi connectivity index (χ2v) is 9.89. The third-order valence-corrected chi connectivity index (χ3v) is 6.76. The van der Waals surface area contributed by atoms with Crippen molar-refractivity contribution in [3.05, 3.63) is 94.3 Å². The number of aliphatic hydroxyl groups is 1. The number of rotatable bonds is 7. The lowest BCUT2D eigenvalue weighted by molar-refractivity contribution is 0.0738. The lowest BCUT2D eigenvalue weighted by atomic mass is 9.89. The third kappa shape index (κ3) is 4.74. The van der Waals surface area contributed by atoms with E-state index in [0.29, 0.717) is 40.7 Å². The van der Waals surface area contributed by atoms with E-state index in [-0.39, 0.29) is 12.1 Å². The SMILES string of the molecule is C=CCn1c(=O)c2cnc(Cc3ccc(C4CCNCC4)cc3)nc2n1-c1cccc(C(C)(C)O)n1. The van der Waals surface area contributed by atoms with Crippen molar-refractivity contribution < 1.29 is 5.11 Å². The molecule has 4 heterocycles. The zero-order valence-corrected chi connectivity index (χ0v) is 20.8. The fourth-order valence-electron chi connectivity index (χ4n) is 4.80. The molecule has 36 heavy (non-hydrogen) atoms. The van der Waals surface area contributed by atoms with Gasteiger partial charge in [-0.05, 0) is 69.0 Å². The van der Waals surface area contributed by atoms with Crippen LogP contribution in [-0.2, 0) is 18.6 Å². The Bertz CT molecular complexity index is 1440. The summed E-state index contributed by atoms with van der Waals surface area (Å²) in [7, 11) is 0. The maximum Gasteiger partial charge on any atom is 0.278 e. The highest BCUT2D eigenvalue weighted by Gasteiger charge is 2.22. The van der Waals surface area contributed by atoms with Gasteiger partial charge in [-0.3, -0.25) is 4.79 Å². The van der Waals surface area contributed by atoms with Crippen molar-refractivity contribution in [3.8, 4) is 5.82 Å². The van der Waals surface area contributed by atoms with Crippen LogP contribution >= 0.6 is 0 Å². The Morgan fingerprint density at radius 3 is 2.58 bits per heavy atom. The zero-order chi connectivity index (χ0) is 25.3. The Morgan fingerprint density at radius 2 is 1.89 bits per heavy atom. The van der Waals surface area contributed by atoms with Crippen LogP contribution in [0.3, 0.4) is 0 Å². The number of hydrogen-bond acceptors (Lipinski definition) is 6. The van der Waals surface area contributed by atoms with E-state index >= 15 is 0 Å². The highest BCUT2D eigenvalue weighted by Crippen LogP contribution is 2.26. The predicted octanol–water partition coefficient (Wildman–Crippen LogP) is 3.45. The van der Waals surface area contributed by atoms with Gasteiger partial charge in [0.25, 0.3) is 5.56 Å². The molecule has 0 amide bonds. The number of aromatic nitrogens is 5. The number of pyridine rings is 1. The standard InChI is InChI=1S/C28H32N6O2/c1-4-16-33-27(35)22-18-30-24(17-19-8-10-20(11-9-19)21-12-14-29-15-13-21)32-26(22)34(33)25-7-5-6-23(31-25)28(2,3)36/h4-11,18,21,29,36H,1,12-17H2,2-3H3. The maximum absolute atomic E-state index is 13.2. The first-order valence-corrected chi connectivity index (χ1v) is 12.4. The second-order valence-electron chi connectivity index (χ2n) is 9.89. The topological polar surface area (TPSA) is 97.9 Å². The fourth-order valence-corrected chi connectivity index (χ4v) is 4.80.